The third-order valence-electron chi connectivity index (χ3n) is 2.83. The molecule has 14 heavy (non-hydrogen) atoms. The highest BCUT2D eigenvalue weighted by atomic mass is 35.5. The first-order chi connectivity index (χ1) is 6.88. The first-order valence-corrected chi connectivity index (χ1v) is 5.29. The zero-order valence-electron chi connectivity index (χ0n) is 7.61. The molecule has 3 heteroatoms. The predicted octanol–water partition coefficient (Wildman–Crippen LogP) is 2.32. The van der Waals surface area contributed by atoms with Gasteiger partial charge < -0.3 is 4.74 Å². The second-order valence-corrected chi connectivity index (χ2v) is 3.93. The molecule has 1 heterocycles. The molecule has 1 aromatic rings. The predicted molar refractivity (Wildman–Crippen MR) is 55.9 cm³/mol. The van der Waals surface area contributed by atoms with Crippen LogP contribution in [0.15, 0.2) is 29.3 Å². The van der Waals surface area contributed by atoms with E-state index in [0.29, 0.717) is 11.8 Å². The van der Waals surface area contributed by atoms with E-state index in [2.05, 4.69) is 29.3 Å². The number of ether oxygens (including phenoxy) is 1. The molecular weight excluding hydrogens is 198 g/mol. The highest BCUT2D eigenvalue weighted by molar-refractivity contribution is 6.27. The lowest BCUT2D eigenvalue weighted by Crippen LogP contribution is -2.13. The van der Waals surface area contributed by atoms with Crippen LogP contribution in [0.1, 0.15) is 17.2 Å². The summed E-state index contributed by atoms with van der Waals surface area (Å²) in [7, 11) is 0. The lowest BCUT2D eigenvalue weighted by Gasteiger charge is -2.06. The van der Waals surface area contributed by atoms with E-state index in [-0.39, 0.29) is 12.1 Å². The third-order valence-corrected chi connectivity index (χ3v) is 3.06. The van der Waals surface area contributed by atoms with Crippen molar-refractivity contribution in [2.24, 2.45) is 4.99 Å². The fraction of sp³-hybridized carbons (Fsp3) is 0.364. The Morgan fingerprint density at radius 3 is 3.14 bits per heavy atom. The van der Waals surface area contributed by atoms with Gasteiger partial charge in [0, 0.05) is 6.42 Å². The van der Waals surface area contributed by atoms with Gasteiger partial charge in [0.1, 0.15) is 12.1 Å². The van der Waals surface area contributed by atoms with Gasteiger partial charge >= 0.3 is 0 Å². The summed E-state index contributed by atoms with van der Waals surface area (Å²) in [6, 6.07) is 8.58. The number of aliphatic imine (C=N–C) groups is 1. The van der Waals surface area contributed by atoms with Crippen molar-refractivity contribution in [2.75, 3.05) is 5.88 Å². The normalized spacial score (nSPS) is 27.9. The summed E-state index contributed by atoms with van der Waals surface area (Å²) in [5.41, 5.74) is 2.66. The van der Waals surface area contributed by atoms with Crippen LogP contribution < -0.4 is 0 Å². The number of halogens is 1. The SMILES string of the molecule is ClCC1=N[C@@H]2c3ccccc3C[C@@H]2O1. The molecule has 2 nitrogen and oxygen atoms in total. The summed E-state index contributed by atoms with van der Waals surface area (Å²) in [6.07, 6.45) is 1.16. The first kappa shape index (κ1) is 8.30. The van der Waals surface area contributed by atoms with Crippen LogP contribution in [0, 0.1) is 0 Å². The molecule has 0 amide bonds. The van der Waals surface area contributed by atoms with Crippen molar-refractivity contribution in [1.29, 1.82) is 0 Å². The van der Waals surface area contributed by atoms with Gasteiger partial charge in [-0.15, -0.1) is 11.6 Å². The molecule has 0 saturated heterocycles. The van der Waals surface area contributed by atoms with E-state index in [4.69, 9.17) is 16.3 Å². The Kier molecular flexibility index (Phi) is 1.77. The highest BCUT2D eigenvalue weighted by Gasteiger charge is 2.38. The molecule has 2 aliphatic rings. The molecule has 1 aliphatic carbocycles. The van der Waals surface area contributed by atoms with Gasteiger partial charge in [-0.2, -0.15) is 0 Å². The van der Waals surface area contributed by atoms with Crippen molar-refractivity contribution < 1.29 is 4.74 Å². The minimum Gasteiger partial charge on any atom is -0.474 e. The Bertz CT molecular complexity index is 402. The molecule has 3 rings (SSSR count). The third kappa shape index (κ3) is 1.07. The lowest BCUT2D eigenvalue weighted by atomic mass is 10.1. The van der Waals surface area contributed by atoms with Crippen LogP contribution in [0.3, 0.4) is 0 Å². The fourth-order valence-corrected chi connectivity index (χ4v) is 2.35. The number of fused-ring (bicyclic) bond motifs is 3. The second-order valence-electron chi connectivity index (χ2n) is 3.66. The second kappa shape index (κ2) is 2.99. The van der Waals surface area contributed by atoms with Crippen molar-refractivity contribution in [3.8, 4) is 0 Å². The van der Waals surface area contributed by atoms with Crippen LogP contribution in [-0.4, -0.2) is 17.9 Å². The maximum atomic E-state index is 5.69. The van der Waals surface area contributed by atoms with Crippen LogP contribution in [0.5, 0.6) is 0 Å². The molecule has 0 spiro atoms. The summed E-state index contributed by atoms with van der Waals surface area (Å²) in [5, 5.41) is 0. The van der Waals surface area contributed by atoms with Gasteiger partial charge in [0.2, 0.25) is 0 Å². The molecule has 72 valence electrons. The van der Waals surface area contributed by atoms with E-state index in [1.54, 1.807) is 0 Å². The van der Waals surface area contributed by atoms with Gasteiger partial charge in [0.05, 0.1) is 5.88 Å². The highest BCUT2D eigenvalue weighted by Crippen LogP contribution is 2.39. The van der Waals surface area contributed by atoms with Crippen molar-refractivity contribution in [3.63, 3.8) is 0 Å². The molecule has 0 bridgehead atoms. The van der Waals surface area contributed by atoms with Crippen LogP contribution in [0.4, 0.5) is 0 Å². The Morgan fingerprint density at radius 2 is 2.29 bits per heavy atom. The molecule has 1 aliphatic heterocycles. The minimum atomic E-state index is 0.194. The smallest absolute Gasteiger partial charge is 0.199 e. The molecular formula is C11H10ClNO. The average Bonchev–Trinajstić information content (AvgIpc) is 2.73. The van der Waals surface area contributed by atoms with E-state index in [1.165, 1.54) is 11.1 Å². The summed E-state index contributed by atoms with van der Waals surface area (Å²) < 4.78 is 5.64. The standard InChI is InChI=1S/C11H10ClNO/c12-6-10-13-11-8-4-2-1-3-7(8)5-9(11)14-10/h1-4,9,11H,5-6H2/t9-,11+/m0/s1. The van der Waals surface area contributed by atoms with E-state index < -0.39 is 0 Å². The number of rotatable bonds is 1. The Morgan fingerprint density at radius 1 is 1.43 bits per heavy atom. The van der Waals surface area contributed by atoms with E-state index in [0.717, 1.165) is 6.42 Å². The number of benzene rings is 1. The number of hydrogen-bond donors (Lipinski definition) is 0. The topological polar surface area (TPSA) is 21.6 Å². The first-order valence-electron chi connectivity index (χ1n) is 4.75. The molecule has 0 radical (unpaired) electrons. The van der Waals surface area contributed by atoms with Crippen molar-refractivity contribution >= 4 is 17.5 Å². The molecule has 2 atom stereocenters. The number of alkyl halides is 1. The van der Waals surface area contributed by atoms with Gasteiger partial charge in [-0.3, -0.25) is 0 Å². The summed E-state index contributed by atoms with van der Waals surface area (Å²) in [5.74, 6) is 1.07. The lowest BCUT2D eigenvalue weighted by molar-refractivity contribution is 0.205. The monoisotopic (exact) mass is 207 g/mol. The molecule has 0 unspecified atom stereocenters. The van der Waals surface area contributed by atoms with Gasteiger partial charge in [-0.25, -0.2) is 4.99 Å². The minimum absolute atomic E-state index is 0.194. The van der Waals surface area contributed by atoms with Crippen molar-refractivity contribution in [1.82, 2.24) is 0 Å². The zero-order valence-corrected chi connectivity index (χ0v) is 8.37. The summed E-state index contributed by atoms with van der Waals surface area (Å²) in [6.45, 7) is 0. The average molecular weight is 208 g/mol. The van der Waals surface area contributed by atoms with Crippen molar-refractivity contribution in [2.45, 2.75) is 18.6 Å². The Labute approximate surface area is 87.6 Å². The zero-order chi connectivity index (χ0) is 9.54. The molecule has 0 fully saturated rings. The summed E-state index contributed by atoms with van der Waals surface area (Å²) in [4.78, 5) is 4.47. The quantitative estimate of drug-likeness (QED) is 0.648. The van der Waals surface area contributed by atoms with Crippen LogP contribution in [-0.2, 0) is 11.2 Å². The van der Waals surface area contributed by atoms with Gasteiger partial charge in [0.25, 0.3) is 0 Å². The van der Waals surface area contributed by atoms with Crippen LogP contribution in [0.2, 0.25) is 0 Å². The van der Waals surface area contributed by atoms with Gasteiger partial charge in [-0.05, 0) is 11.1 Å². The van der Waals surface area contributed by atoms with Crippen LogP contribution in [0.25, 0.3) is 0 Å². The Balaban J connectivity index is 2.02. The maximum Gasteiger partial charge on any atom is 0.199 e. The number of nitrogens with zero attached hydrogens (tertiary/aromatic N) is 1. The Hall–Kier alpha value is -1.02. The van der Waals surface area contributed by atoms with Gasteiger partial charge in [0.15, 0.2) is 5.90 Å². The summed E-state index contributed by atoms with van der Waals surface area (Å²) >= 11 is 5.69. The van der Waals surface area contributed by atoms with Crippen molar-refractivity contribution in [3.05, 3.63) is 35.4 Å². The molecule has 0 aromatic heterocycles. The molecule has 0 saturated carbocycles. The van der Waals surface area contributed by atoms with Gasteiger partial charge in [-0.1, -0.05) is 24.3 Å². The van der Waals surface area contributed by atoms with E-state index >= 15 is 0 Å². The maximum absolute atomic E-state index is 5.69. The molecule has 0 N–H and O–H groups in total. The largest absolute Gasteiger partial charge is 0.474 e. The fourth-order valence-electron chi connectivity index (χ4n) is 2.22. The molecule has 1 aromatic carbocycles. The van der Waals surface area contributed by atoms with E-state index in [1.807, 2.05) is 0 Å². The number of hydrogen-bond acceptors (Lipinski definition) is 2. The van der Waals surface area contributed by atoms with E-state index in [9.17, 15) is 0 Å². The van der Waals surface area contributed by atoms with Crippen LogP contribution >= 0.6 is 11.6 Å².